The Morgan fingerprint density at radius 1 is 1.00 bits per heavy atom. The van der Waals surface area contributed by atoms with Gasteiger partial charge in [-0.2, -0.15) is 0 Å². The van der Waals surface area contributed by atoms with Crippen molar-refractivity contribution >= 4 is 12.1 Å². The van der Waals surface area contributed by atoms with E-state index in [-0.39, 0.29) is 18.4 Å². The Bertz CT molecular complexity index is 894. The molecule has 1 N–H and O–H groups in total. The molecule has 5 nitrogen and oxygen atoms in total. The van der Waals surface area contributed by atoms with E-state index in [0.717, 1.165) is 30.4 Å². The number of likely N-dealkylation sites (tertiary alicyclic amines) is 1. The highest BCUT2D eigenvalue weighted by atomic mass is 16.6. The van der Waals surface area contributed by atoms with Gasteiger partial charge in [0.25, 0.3) is 0 Å². The number of amides is 1. The van der Waals surface area contributed by atoms with Gasteiger partial charge in [0.1, 0.15) is 12.6 Å². The van der Waals surface area contributed by atoms with Gasteiger partial charge in [-0.3, -0.25) is 4.90 Å². The highest BCUT2D eigenvalue weighted by Gasteiger charge is 2.50. The molecule has 28 heavy (non-hydrogen) atoms. The smallest absolute Gasteiger partial charge is 0.410 e. The lowest BCUT2D eigenvalue weighted by Crippen LogP contribution is -2.43. The van der Waals surface area contributed by atoms with Crippen LogP contribution in [0.4, 0.5) is 4.79 Å². The first kappa shape index (κ1) is 17.3. The molecule has 1 heterocycles. The lowest BCUT2D eigenvalue weighted by Gasteiger charge is -2.24. The molecule has 144 valence electrons. The summed E-state index contributed by atoms with van der Waals surface area (Å²) < 4.78 is 5.69. The zero-order valence-corrected chi connectivity index (χ0v) is 15.6. The van der Waals surface area contributed by atoms with Crippen molar-refractivity contribution in [3.8, 4) is 11.1 Å². The van der Waals surface area contributed by atoms with E-state index in [1.54, 1.807) is 0 Å². The maximum Gasteiger partial charge on any atom is 0.410 e. The number of ether oxygens (including phenoxy) is 1. The number of carboxylic acids is 1. The second kappa shape index (κ2) is 6.66. The van der Waals surface area contributed by atoms with Crippen LogP contribution in [-0.2, 0) is 9.53 Å². The van der Waals surface area contributed by atoms with Crippen molar-refractivity contribution in [2.45, 2.75) is 31.2 Å². The van der Waals surface area contributed by atoms with Crippen LogP contribution in [0.3, 0.4) is 0 Å². The second-order valence-electron chi connectivity index (χ2n) is 8.09. The summed E-state index contributed by atoms with van der Waals surface area (Å²) in [6.45, 7) is 0.726. The number of nitrogens with zero attached hydrogens (tertiary/aromatic N) is 1. The molecule has 3 atom stereocenters. The molecule has 2 aromatic carbocycles. The fraction of sp³-hybridized carbons (Fsp3) is 0.391. The van der Waals surface area contributed by atoms with E-state index >= 15 is 0 Å². The SMILES string of the molecule is O=C(O)C1C2CCCC2CN1C(=O)OCC1c2ccccc2-c2ccccc21. The summed E-state index contributed by atoms with van der Waals surface area (Å²) in [5, 5.41) is 9.67. The van der Waals surface area contributed by atoms with Crippen LogP contribution in [-0.4, -0.2) is 41.3 Å². The van der Waals surface area contributed by atoms with Crippen molar-refractivity contribution in [2.24, 2.45) is 11.8 Å². The maximum absolute atomic E-state index is 12.8. The van der Waals surface area contributed by atoms with E-state index in [0.29, 0.717) is 12.5 Å². The second-order valence-corrected chi connectivity index (χ2v) is 8.09. The van der Waals surface area contributed by atoms with Gasteiger partial charge in [0.2, 0.25) is 0 Å². The van der Waals surface area contributed by atoms with Gasteiger partial charge in [0.05, 0.1) is 0 Å². The Morgan fingerprint density at radius 3 is 2.29 bits per heavy atom. The Labute approximate surface area is 163 Å². The molecule has 5 heteroatoms. The van der Waals surface area contributed by atoms with Gasteiger partial charge >= 0.3 is 12.1 Å². The molecule has 5 rings (SSSR count). The van der Waals surface area contributed by atoms with E-state index in [9.17, 15) is 14.7 Å². The van der Waals surface area contributed by atoms with Crippen LogP contribution in [0.2, 0.25) is 0 Å². The van der Waals surface area contributed by atoms with Gasteiger partial charge in [0.15, 0.2) is 0 Å². The molecular weight excluding hydrogens is 354 g/mol. The predicted octanol–water partition coefficient (Wildman–Crippen LogP) is 4.12. The number of benzene rings is 2. The minimum atomic E-state index is -0.914. The summed E-state index contributed by atoms with van der Waals surface area (Å²) in [5.41, 5.74) is 4.67. The van der Waals surface area contributed by atoms with Crippen molar-refractivity contribution in [1.29, 1.82) is 0 Å². The fourth-order valence-corrected chi connectivity index (χ4v) is 5.49. The van der Waals surface area contributed by atoms with E-state index in [1.165, 1.54) is 16.0 Å². The van der Waals surface area contributed by atoms with E-state index < -0.39 is 18.1 Å². The summed E-state index contributed by atoms with van der Waals surface area (Å²) in [5.74, 6) is -0.566. The van der Waals surface area contributed by atoms with Gasteiger partial charge in [-0.25, -0.2) is 9.59 Å². The molecule has 2 aromatic rings. The van der Waals surface area contributed by atoms with Crippen molar-refractivity contribution in [1.82, 2.24) is 4.90 Å². The number of hydrogen-bond acceptors (Lipinski definition) is 3. The van der Waals surface area contributed by atoms with Gasteiger partial charge in [0, 0.05) is 12.5 Å². The number of carboxylic acid groups (broad SMARTS) is 1. The normalized spacial score (nSPS) is 25.3. The van der Waals surface area contributed by atoms with E-state index in [2.05, 4.69) is 24.3 Å². The number of carbonyl (C=O) groups excluding carboxylic acids is 1. The average Bonchev–Trinajstić information content (AvgIpc) is 3.37. The van der Waals surface area contributed by atoms with Gasteiger partial charge in [-0.15, -0.1) is 0 Å². The van der Waals surface area contributed by atoms with Gasteiger partial charge in [-0.05, 0) is 46.9 Å². The van der Waals surface area contributed by atoms with Crippen LogP contribution in [0.1, 0.15) is 36.3 Å². The number of carbonyl (C=O) groups is 2. The summed E-state index contributed by atoms with van der Waals surface area (Å²) >= 11 is 0. The molecule has 1 saturated heterocycles. The zero-order valence-electron chi connectivity index (χ0n) is 15.6. The number of aliphatic carboxylic acids is 1. The fourth-order valence-electron chi connectivity index (χ4n) is 5.49. The van der Waals surface area contributed by atoms with Crippen molar-refractivity contribution in [3.05, 3.63) is 59.7 Å². The average molecular weight is 377 g/mol. The molecule has 3 unspecified atom stereocenters. The van der Waals surface area contributed by atoms with E-state index in [4.69, 9.17) is 4.74 Å². The Morgan fingerprint density at radius 2 is 1.64 bits per heavy atom. The summed E-state index contributed by atoms with van der Waals surface area (Å²) in [6, 6.07) is 15.6. The van der Waals surface area contributed by atoms with Crippen LogP contribution in [0.5, 0.6) is 0 Å². The molecular formula is C23H23NO4. The number of rotatable bonds is 3. The monoisotopic (exact) mass is 377 g/mol. The van der Waals surface area contributed by atoms with Crippen LogP contribution < -0.4 is 0 Å². The van der Waals surface area contributed by atoms with Crippen LogP contribution in [0.25, 0.3) is 11.1 Å². The van der Waals surface area contributed by atoms with Crippen molar-refractivity contribution < 1.29 is 19.4 Å². The third-order valence-electron chi connectivity index (χ3n) is 6.71. The largest absolute Gasteiger partial charge is 0.480 e. The van der Waals surface area contributed by atoms with E-state index in [1.807, 2.05) is 24.3 Å². The number of fused-ring (bicyclic) bond motifs is 4. The summed E-state index contributed by atoms with van der Waals surface area (Å²) in [4.78, 5) is 26.1. The Balaban J connectivity index is 1.35. The first-order valence-corrected chi connectivity index (χ1v) is 9.99. The standard InChI is InChI=1S/C23H23NO4/c25-22(26)21-15-11-5-6-14(15)12-24(21)23(27)28-13-20-18-9-3-1-7-16(18)17-8-2-4-10-19(17)20/h1-4,7-10,14-15,20-21H,5-6,11-13H2,(H,25,26). The van der Waals surface area contributed by atoms with Crippen molar-refractivity contribution in [3.63, 3.8) is 0 Å². The lowest BCUT2D eigenvalue weighted by atomic mass is 9.94. The Kier molecular flexibility index (Phi) is 4.11. The summed E-state index contributed by atoms with van der Waals surface area (Å²) in [7, 11) is 0. The molecule has 3 aliphatic rings. The lowest BCUT2D eigenvalue weighted by molar-refractivity contribution is -0.143. The van der Waals surface area contributed by atoms with Gasteiger partial charge in [-0.1, -0.05) is 55.0 Å². The third-order valence-corrected chi connectivity index (χ3v) is 6.71. The zero-order chi connectivity index (χ0) is 19.3. The molecule has 2 aliphatic carbocycles. The number of hydrogen-bond donors (Lipinski definition) is 1. The van der Waals surface area contributed by atoms with Crippen molar-refractivity contribution in [2.75, 3.05) is 13.2 Å². The molecule has 1 saturated carbocycles. The molecule has 0 bridgehead atoms. The highest BCUT2D eigenvalue weighted by Crippen LogP contribution is 2.45. The van der Waals surface area contributed by atoms with Crippen LogP contribution >= 0.6 is 0 Å². The first-order chi connectivity index (χ1) is 13.6. The van der Waals surface area contributed by atoms with Gasteiger partial charge < -0.3 is 9.84 Å². The molecule has 1 aliphatic heterocycles. The maximum atomic E-state index is 12.8. The minimum absolute atomic E-state index is 0.0123. The molecule has 0 spiro atoms. The summed E-state index contributed by atoms with van der Waals surface area (Å²) in [6.07, 6.45) is 2.44. The predicted molar refractivity (Wildman–Crippen MR) is 104 cm³/mol. The first-order valence-electron chi connectivity index (χ1n) is 9.99. The molecule has 0 aromatic heterocycles. The molecule has 0 radical (unpaired) electrons. The van der Waals surface area contributed by atoms with Crippen LogP contribution in [0.15, 0.2) is 48.5 Å². The quantitative estimate of drug-likeness (QED) is 0.874. The molecule has 1 amide bonds. The van der Waals surface area contributed by atoms with Crippen LogP contribution in [0, 0.1) is 11.8 Å². The minimum Gasteiger partial charge on any atom is -0.480 e. The molecule has 2 fully saturated rings. The Hall–Kier alpha value is -2.82. The third kappa shape index (κ3) is 2.60. The topological polar surface area (TPSA) is 66.8 Å². The highest BCUT2D eigenvalue weighted by molar-refractivity contribution is 5.82.